The molecular weight excluding hydrogens is 252 g/mol. The molecule has 1 atom stereocenters. The van der Waals surface area contributed by atoms with Crippen molar-refractivity contribution >= 4 is 0 Å². The number of aliphatic hydroxyl groups excluding tert-OH is 1. The van der Waals surface area contributed by atoms with Crippen LogP contribution in [-0.4, -0.2) is 19.9 Å². The first-order valence-corrected chi connectivity index (χ1v) is 6.12. The molecule has 102 valence electrons. The molecule has 1 N–H and O–H groups in total. The highest BCUT2D eigenvalue weighted by molar-refractivity contribution is 5.22. The van der Waals surface area contributed by atoms with E-state index in [0.29, 0.717) is 12.4 Å². The summed E-state index contributed by atoms with van der Waals surface area (Å²) < 4.78 is 28.3. The first-order chi connectivity index (χ1) is 9.13. The van der Waals surface area contributed by atoms with Crippen molar-refractivity contribution in [3.8, 4) is 0 Å². The summed E-state index contributed by atoms with van der Waals surface area (Å²) >= 11 is 0. The van der Waals surface area contributed by atoms with Crippen LogP contribution < -0.4 is 0 Å². The molecule has 1 unspecified atom stereocenters. The minimum atomic E-state index is -1.14. The third-order valence-corrected chi connectivity index (χ3v) is 2.85. The molecule has 0 aliphatic carbocycles. The number of halogens is 2. The number of benzene rings is 1. The highest BCUT2D eigenvalue weighted by atomic mass is 19.2. The van der Waals surface area contributed by atoms with Crippen molar-refractivity contribution in [2.75, 3.05) is 0 Å². The smallest absolute Gasteiger partial charge is 0.164 e. The maximum atomic E-state index is 13.6. The summed E-state index contributed by atoms with van der Waals surface area (Å²) in [6, 6.07) is 3.75. The lowest BCUT2D eigenvalue weighted by Crippen LogP contribution is -2.12. The largest absolute Gasteiger partial charge is 0.388 e. The average molecular weight is 267 g/mol. The van der Waals surface area contributed by atoms with Gasteiger partial charge in [0.1, 0.15) is 12.2 Å². The Morgan fingerprint density at radius 3 is 2.89 bits per heavy atom. The zero-order valence-electron chi connectivity index (χ0n) is 10.6. The second kappa shape index (κ2) is 5.88. The molecular formula is C13H15F2N3O. The Labute approximate surface area is 109 Å². The number of hydrogen-bond donors (Lipinski definition) is 1. The Morgan fingerprint density at radius 1 is 1.37 bits per heavy atom. The number of aliphatic hydroxyl groups is 1. The fourth-order valence-corrected chi connectivity index (χ4v) is 1.91. The fraction of sp³-hybridized carbons (Fsp3) is 0.385. The van der Waals surface area contributed by atoms with Gasteiger partial charge in [-0.2, -0.15) is 5.10 Å². The highest BCUT2D eigenvalue weighted by Crippen LogP contribution is 2.22. The van der Waals surface area contributed by atoms with Gasteiger partial charge in [-0.3, -0.25) is 4.68 Å². The van der Waals surface area contributed by atoms with E-state index in [1.54, 1.807) is 4.68 Å². The van der Waals surface area contributed by atoms with Gasteiger partial charge in [0, 0.05) is 18.5 Å². The normalized spacial score (nSPS) is 12.6. The molecule has 0 amide bonds. The van der Waals surface area contributed by atoms with Crippen LogP contribution in [0.25, 0.3) is 0 Å². The van der Waals surface area contributed by atoms with E-state index in [2.05, 4.69) is 10.1 Å². The van der Waals surface area contributed by atoms with E-state index in [9.17, 15) is 13.9 Å². The highest BCUT2D eigenvalue weighted by Gasteiger charge is 2.18. The molecule has 0 spiro atoms. The predicted octanol–water partition coefficient (Wildman–Crippen LogP) is 2.24. The molecule has 1 aromatic heterocycles. The summed E-state index contributed by atoms with van der Waals surface area (Å²) in [5.41, 5.74) is -0.0638. The molecule has 0 radical (unpaired) electrons. The number of nitrogens with zero attached hydrogens (tertiary/aromatic N) is 3. The van der Waals surface area contributed by atoms with Gasteiger partial charge in [-0.1, -0.05) is 19.1 Å². The van der Waals surface area contributed by atoms with E-state index in [4.69, 9.17) is 0 Å². The maximum absolute atomic E-state index is 13.6. The third kappa shape index (κ3) is 2.96. The molecule has 4 nitrogen and oxygen atoms in total. The lowest BCUT2D eigenvalue weighted by molar-refractivity contribution is 0.168. The van der Waals surface area contributed by atoms with Gasteiger partial charge in [-0.25, -0.2) is 13.8 Å². The second-order valence-corrected chi connectivity index (χ2v) is 4.26. The summed E-state index contributed by atoms with van der Waals surface area (Å²) in [4.78, 5) is 4.03. The van der Waals surface area contributed by atoms with Crippen LogP contribution in [0.4, 0.5) is 8.78 Å². The first-order valence-electron chi connectivity index (χ1n) is 6.12. The van der Waals surface area contributed by atoms with Crippen molar-refractivity contribution < 1.29 is 13.9 Å². The Balaban J connectivity index is 2.18. The van der Waals surface area contributed by atoms with E-state index >= 15 is 0 Å². The van der Waals surface area contributed by atoms with Crippen LogP contribution in [0.5, 0.6) is 0 Å². The molecule has 2 rings (SSSR count). The quantitative estimate of drug-likeness (QED) is 0.904. The van der Waals surface area contributed by atoms with Crippen molar-refractivity contribution in [3.63, 3.8) is 0 Å². The lowest BCUT2D eigenvalue weighted by atomic mass is 10.1. The summed E-state index contributed by atoms with van der Waals surface area (Å²) in [6.45, 7) is 2.67. The molecule has 0 bridgehead atoms. The average Bonchev–Trinajstić information content (AvgIpc) is 2.80. The number of aromatic nitrogens is 3. The minimum Gasteiger partial charge on any atom is -0.388 e. The standard InChI is InChI=1S/C13H15F2N3O/c1-2-6-18-12(16-8-17-18)7-11(19)9-4-3-5-10(14)13(9)15/h3-5,8,11,19H,2,6-7H2,1H3. The van der Waals surface area contributed by atoms with Crippen LogP contribution in [0.2, 0.25) is 0 Å². The third-order valence-electron chi connectivity index (χ3n) is 2.85. The van der Waals surface area contributed by atoms with Gasteiger partial charge in [-0.15, -0.1) is 0 Å². The van der Waals surface area contributed by atoms with Gasteiger partial charge in [0.05, 0.1) is 6.10 Å². The zero-order chi connectivity index (χ0) is 13.8. The van der Waals surface area contributed by atoms with Crippen molar-refractivity contribution in [1.82, 2.24) is 14.8 Å². The van der Waals surface area contributed by atoms with Gasteiger partial charge in [0.2, 0.25) is 0 Å². The van der Waals surface area contributed by atoms with Crippen LogP contribution in [-0.2, 0) is 13.0 Å². The summed E-state index contributed by atoms with van der Waals surface area (Å²) in [7, 11) is 0. The monoisotopic (exact) mass is 267 g/mol. The van der Waals surface area contributed by atoms with Crippen LogP contribution in [0.1, 0.15) is 30.8 Å². The molecule has 0 fully saturated rings. The van der Waals surface area contributed by atoms with Crippen LogP contribution >= 0.6 is 0 Å². The predicted molar refractivity (Wildman–Crippen MR) is 65.3 cm³/mol. The Hall–Kier alpha value is -1.82. The molecule has 0 aliphatic rings. The molecule has 1 heterocycles. The lowest BCUT2D eigenvalue weighted by Gasteiger charge is -2.12. The maximum Gasteiger partial charge on any atom is 0.164 e. The zero-order valence-corrected chi connectivity index (χ0v) is 10.6. The van der Waals surface area contributed by atoms with E-state index in [1.165, 1.54) is 18.5 Å². The summed E-state index contributed by atoms with van der Waals surface area (Å²) in [5, 5.41) is 14.0. The molecule has 19 heavy (non-hydrogen) atoms. The van der Waals surface area contributed by atoms with E-state index in [-0.39, 0.29) is 12.0 Å². The Morgan fingerprint density at radius 2 is 2.16 bits per heavy atom. The second-order valence-electron chi connectivity index (χ2n) is 4.26. The Bertz CT molecular complexity index is 557. The minimum absolute atomic E-state index is 0.0638. The molecule has 0 aliphatic heterocycles. The fourth-order valence-electron chi connectivity index (χ4n) is 1.91. The van der Waals surface area contributed by atoms with Gasteiger partial charge in [0.15, 0.2) is 11.6 Å². The van der Waals surface area contributed by atoms with Crippen molar-refractivity contribution in [2.24, 2.45) is 0 Å². The number of aryl methyl sites for hydroxylation is 1. The van der Waals surface area contributed by atoms with E-state index < -0.39 is 17.7 Å². The molecule has 6 heteroatoms. The van der Waals surface area contributed by atoms with Crippen LogP contribution in [0.15, 0.2) is 24.5 Å². The summed E-state index contributed by atoms with van der Waals surface area (Å²) in [6.07, 6.45) is 1.22. The van der Waals surface area contributed by atoms with E-state index in [0.717, 1.165) is 12.5 Å². The van der Waals surface area contributed by atoms with Crippen molar-refractivity contribution in [1.29, 1.82) is 0 Å². The summed E-state index contributed by atoms with van der Waals surface area (Å²) in [5.74, 6) is -1.43. The van der Waals surface area contributed by atoms with Gasteiger partial charge >= 0.3 is 0 Å². The van der Waals surface area contributed by atoms with Crippen molar-refractivity contribution in [2.45, 2.75) is 32.4 Å². The van der Waals surface area contributed by atoms with Crippen molar-refractivity contribution in [3.05, 3.63) is 47.5 Å². The Kier molecular flexibility index (Phi) is 4.21. The van der Waals surface area contributed by atoms with Crippen LogP contribution in [0.3, 0.4) is 0 Å². The van der Waals surface area contributed by atoms with Gasteiger partial charge < -0.3 is 5.11 Å². The number of hydrogen-bond acceptors (Lipinski definition) is 3. The molecule has 0 saturated heterocycles. The number of rotatable bonds is 5. The van der Waals surface area contributed by atoms with E-state index in [1.807, 2.05) is 6.92 Å². The molecule has 2 aromatic rings. The molecule has 0 saturated carbocycles. The molecule has 1 aromatic carbocycles. The van der Waals surface area contributed by atoms with Crippen LogP contribution in [0, 0.1) is 11.6 Å². The SMILES string of the molecule is CCCn1ncnc1CC(O)c1cccc(F)c1F. The topological polar surface area (TPSA) is 50.9 Å². The first kappa shape index (κ1) is 13.6. The van der Waals surface area contributed by atoms with Gasteiger partial charge in [-0.05, 0) is 12.5 Å². The van der Waals surface area contributed by atoms with Gasteiger partial charge in [0.25, 0.3) is 0 Å².